The minimum Gasteiger partial charge on any atom is -0.445 e. The van der Waals surface area contributed by atoms with Gasteiger partial charge in [-0.15, -0.1) is 0 Å². The van der Waals surface area contributed by atoms with Crippen molar-refractivity contribution in [3.63, 3.8) is 0 Å². The lowest BCUT2D eigenvalue weighted by Gasteiger charge is -2.32. The summed E-state index contributed by atoms with van der Waals surface area (Å²) in [5, 5.41) is 0. The molecule has 0 N–H and O–H groups in total. The highest BCUT2D eigenvalue weighted by molar-refractivity contribution is 5.71. The van der Waals surface area contributed by atoms with E-state index in [9.17, 15) is 9.59 Å². The molecule has 0 aliphatic carbocycles. The molecule has 0 aromatic heterocycles. The van der Waals surface area contributed by atoms with Crippen LogP contribution in [0.3, 0.4) is 0 Å². The Kier molecular flexibility index (Phi) is 13.3. The lowest BCUT2D eigenvalue weighted by molar-refractivity contribution is 0.0998. The van der Waals surface area contributed by atoms with E-state index in [-0.39, 0.29) is 24.7 Å². The molecular weight excluding hydrogens is 490 g/mol. The number of carbonyl (C=O) groups is 2. The molecule has 0 heterocycles. The highest BCUT2D eigenvalue weighted by Gasteiger charge is 2.24. The van der Waals surface area contributed by atoms with Gasteiger partial charge in [-0.3, -0.25) is 4.90 Å². The molecule has 0 saturated carbocycles. The van der Waals surface area contributed by atoms with Crippen LogP contribution in [0.5, 0.6) is 5.75 Å². The molecule has 2 rings (SSSR count). The Balaban J connectivity index is 2.51. The fraction of sp³-hybridized carbons (Fsp3) is 0.562. The minimum atomic E-state index is -0.361. The van der Waals surface area contributed by atoms with Gasteiger partial charge >= 0.3 is 12.2 Å². The summed E-state index contributed by atoms with van der Waals surface area (Å²) in [5.41, 5.74) is 2.94. The SMILES string of the molecule is CCN(CC)C(=O)OCc1ccc(OC(=O)N(CC)CC)c(C(CCN(C(C)C)C(C)C)c2ccccc2)c1. The van der Waals surface area contributed by atoms with Gasteiger partial charge in [-0.2, -0.15) is 0 Å². The molecule has 1 atom stereocenters. The second kappa shape index (κ2) is 16.1. The molecule has 0 fully saturated rings. The Bertz CT molecular complexity index is 1010. The van der Waals surface area contributed by atoms with Gasteiger partial charge in [-0.1, -0.05) is 36.4 Å². The summed E-state index contributed by atoms with van der Waals surface area (Å²) in [4.78, 5) is 31.3. The van der Waals surface area contributed by atoms with Crippen LogP contribution in [0.1, 0.15) is 84.4 Å². The summed E-state index contributed by atoms with van der Waals surface area (Å²) < 4.78 is 11.6. The molecule has 0 aliphatic rings. The number of amides is 2. The lowest BCUT2D eigenvalue weighted by Crippen LogP contribution is -2.38. The first-order valence-electron chi connectivity index (χ1n) is 14.5. The van der Waals surface area contributed by atoms with Crippen molar-refractivity contribution < 1.29 is 19.1 Å². The average molecular weight is 540 g/mol. The van der Waals surface area contributed by atoms with Crippen molar-refractivity contribution in [2.75, 3.05) is 32.7 Å². The van der Waals surface area contributed by atoms with Gasteiger partial charge in [0.15, 0.2) is 0 Å². The van der Waals surface area contributed by atoms with Crippen molar-refractivity contribution in [2.24, 2.45) is 0 Å². The summed E-state index contributed by atoms with van der Waals surface area (Å²) in [6, 6.07) is 16.9. The number of benzene rings is 2. The molecular formula is C32H49N3O4. The van der Waals surface area contributed by atoms with Crippen LogP contribution in [0.15, 0.2) is 48.5 Å². The van der Waals surface area contributed by atoms with Crippen LogP contribution in [0.4, 0.5) is 9.59 Å². The van der Waals surface area contributed by atoms with E-state index in [1.165, 1.54) is 0 Å². The van der Waals surface area contributed by atoms with Crippen LogP contribution in [-0.2, 0) is 11.3 Å². The van der Waals surface area contributed by atoms with E-state index in [0.29, 0.717) is 44.0 Å². The minimum absolute atomic E-state index is 0.0101. The predicted octanol–water partition coefficient (Wildman–Crippen LogP) is 7.15. The third-order valence-corrected chi connectivity index (χ3v) is 7.26. The maximum absolute atomic E-state index is 13.0. The van der Waals surface area contributed by atoms with Crippen molar-refractivity contribution in [3.8, 4) is 5.75 Å². The van der Waals surface area contributed by atoms with E-state index in [1.807, 2.05) is 64.1 Å². The van der Waals surface area contributed by atoms with Crippen LogP contribution in [0, 0.1) is 0 Å². The van der Waals surface area contributed by atoms with Gasteiger partial charge in [0.05, 0.1) is 0 Å². The maximum Gasteiger partial charge on any atom is 0.415 e. The lowest BCUT2D eigenvalue weighted by atomic mass is 9.86. The van der Waals surface area contributed by atoms with Gasteiger partial charge in [0, 0.05) is 49.7 Å². The molecule has 7 heteroatoms. The van der Waals surface area contributed by atoms with Gasteiger partial charge in [-0.25, -0.2) is 9.59 Å². The number of ether oxygens (including phenoxy) is 2. The number of carbonyl (C=O) groups excluding carboxylic acids is 2. The zero-order chi connectivity index (χ0) is 28.9. The molecule has 216 valence electrons. The van der Waals surface area contributed by atoms with Gasteiger partial charge in [0.25, 0.3) is 0 Å². The fourth-order valence-electron chi connectivity index (χ4n) is 4.99. The molecule has 0 radical (unpaired) electrons. The number of hydrogen-bond donors (Lipinski definition) is 0. The van der Waals surface area contributed by atoms with E-state index in [2.05, 4.69) is 44.7 Å². The fourth-order valence-corrected chi connectivity index (χ4v) is 4.99. The Hall–Kier alpha value is -3.06. The number of nitrogens with zero attached hydrogens (tertiary/aromatic N) is 3. The predicted molar refractivity (Wildman–Crippen MR) is 158 cm³/mol. The Morgan fingerprint density at radius 3 is 1.87 bits per heavy atom. The zero-order valence-electron chi connectivity index (χ0n) is 25.3. The van der Waals surface area contributed by atoms with Crippen LogP contribution in [-0.4, -0.2) is 71.7 Å². The first kappa shape index (κ1) is 32.2. The molecule has 39 heavy (non-hydrogen) atoms. The van der Waals surface area contributed by atoms with Crippen molar-refractivity contribution in [1.29, 1.82) is 0 Å². The van der Waals surface area contributed by atoms with Crippen LogP contribution < -0.4 is 4.74 Å². The van der Waals surface area contributed by atoms with Crippen LogP contribution in [0.2, 0.25) is 0 Å². The first-order chi connectivity index (χ1) is 18.7. The summed E-state index contributed by atoms with van der Waals surface area (Å²) in [7, 11) is 0. The molecule has 0 saturated heterocycles. The monoisotopic (exact) mass is 539 g/mol. The van der Waals surface area contributed by atoms with Crippen LogP contribution in [0.25, 0.3) is 0 Å². The molecule has 2 aromatic carbocycles. The van der Waals surface area contributed by atoms with Crippen molar-refractivity contribution in [1.82, 2.24) is 14.7 Å². The Labute approximate surface area is 236 Å². The molecule has 1 unspecified atom stereocenters. The summed E-state index contributed by atoms with van der Waals surface area (Å²) in [6.07, 6.45) is 0.154. The highest BCUT2D eigenvalue weighted by Crippen LogP contribution is 2.36. The van der Waals surface area contributed by atoms with E-state index in [1.54, 1.807) is 9.80 Å². The quantitative estimate of drug-likeness (QED) is 0.255. The average Bonchev–Trinajstić information content (AvgIpc) is 2.92. The zero-order valence-corrected chi connectivity index (χ0v) is 25.3. The van der Waals surface area contributed by atoms with Crippen molar-refractivity contribution >= 4 is 12.2 Å². The second-order valence-corrected chi connectivity index (χ2v) is 10.3. The third-order valence-electron chi connectivity index (χ3n) is 7.26. The summed E-state index contributed by atoms with van der Waals surface area (Å²) >= 11 is 0. The van der Waals surface area contributed by atoms with Crippen molar-refractivity contribution in [2.45, 2.75) is 86.4 Å². The normalized spacial score (nSPS) is 12.1. The second-order valence-electron chi connectivity index (χ2n) is 10.3. The standard InChI is InChI=1S/C32H49N3O4/c1-9-33(10-2)31(36)38-23-26-18-19-30(39-32(37)34(11-3)12-4)29(22-26)28(27-16-14-13-15-17-27)20-21-35(24(5)6)25(7)8/h13-19,22,24-25,28H,9-12,20-21,23H2,1-8H3. The third kappa shape index (κ3) is 9.27. The van der Waals surface area contributed by atoms with E-state index < -0.39 is 0 Å². The van der Waals surface area contributed by atoms with E-state index in [0.717, 1.165) is 29.7 Å². The molecule has 0 bridgehead atoms. The smallest absolute Gasteiger partial charge is 0.415 e. The van der Waals surface area contributed by atoms with Gasteiger partial charge in [-0.05, 0) is 91.6 Å². The summed E-state index contributed by atoms with van der Waals surface area (Å²) in [6.45, 7) is 20.0. The van der Waals surface area contributed by atoms with E-state index >= 15 is 0 Å². The Morgan fingerprint density at radius 2 is 1.33 bits per heavy atom. The molecule has 0 aliphatic heterocycles. The van der Waals surface area contributed by atoms with Crippen LogP contribution >= 0.6 is 0 Å². The molecule has 0 spiro atoms. The van der Waals surface area contributed by atoms with E-state index in [4.69, 9.17) is 9.47 Å². The molecule has 7 nitrogen and oxygen atoms in total. The molecule has 2 aromatic rings. The topological polar surface area (TPSA) is 62.3 Å². The maximum atomic E-state index is 13.0. The van der Waals surface area contributed by atoms with Gasteiger partial charge < -0.3 is 19.3 Å². The number of hydrogen-bond acceptors (Lipinski definition) is 5. The van der Waals surface area contributed by atoms with Gasteiger partial charge in [0.2, 0.25) is 0 Å². The molecule has 2 amide bonds. The number of rotatable bonds is 14. The summed E-state index contributed by atoms with van der Waals surface area (Å²) in [5.74, 6) is 0.532. The largest absolute Gasteiger partial charge is 0.445 e. The Morgan fingerprint density at radius 1 is 0.769 bits per heavy atom. The highest BCUT2D eigenvalue weighted by atomic mass is 16.6. The van der Waals surface area contributed by atoms with Crippen molar-refractivity contribution in [3.05, 3.63) is 65.2 Å². The van der Waals surface area contributed by atoms with Gasteiger partial charge in [0.1, 0.15) is 12.4 Å². The first-order valence-corrected chi connectivity index (χ1v) is 14.5.